The second-order valence-corrected chi connectivity index (χ2v) is 6.23. The van der Waals surface area contributed by atoms with Crippen molar-refractivity contribution in [2.45, 2.75) is 65.0 Å². The number of rotatable bonds is 8. The van der Waals surface area contributed by atoms with E-state index < -0.39 is 0 Å². The molecular formula is C15H31N3O. The topological polar surface area (TPSA) is 58.4 Å². The van der Waals surface area contributed by atoms with E-state index in [0.717, 1.165) is 19.4 Å². The highest BCUT2D eigenvalue weighted by molar-refractivity contribution is 5.75. The molecule has 0 aromatic heterocycles. The number of carbonyl (C=O) groups is 1. The van der Waals surface area contributed by atoms with E-state index >= 15 is 0 Å². The Morgan fingerprint density at radius 3 is 2.42 bits per heavy atom. The summed E-state index contributed by atoms with van der Waals surface area (Å²) in [6.07, 6.45) is 5.01. The quantitative estimate of drug-likeness (QED) is 0.705. The van der Waals surface area contributed by atoms with Crippen LogP contribution in [0.3, 0.4) is 0 Å². The zero-order chi connectivity index (χ0) is 14.3. The number of nitrogens with zero attached hydrogens (tertiary/aromatic N) is 1. The average molecular weight is 269 g/mol. The molecule has 0 bridgehead atoms. The molecule has 0 aliphatic carbocycles. The highest BCUT2D eigenvalue weighted by Crippen LogP contribution is 2.17. The van der Waals surface area contributed by atoms with Crippen molar-refractivity contribution >= 4 is 5.91 Å². The van der Waals surface area contributed by atoms with Gasteiger partial charge in [0.1, 0.15) is 0 Å². The van der Waals surface area contributed by atoms with Crippen LogP contribution in [0, 0.1) is 5.92 Å². The number of amides is 1. The summed E-state index contributed by atoms with van der Waals surface area (Å²) in [6, 6.07) is 0.681. The van der Waals surface area contributed by atoms with Gasteiger partial charge in [-0.3, -0.25) is 9.69 Å². The molecule has 0 saturated carbocycles. The summed E-state index contributed by atoms with van der Waals surface area (Å²) in [6.45, 7) is 9.62. The van der Waals surface area contributed by atoms with Gasteiger partial charge in [0, 0.05) is 25.0 Å². The highest BCUT2D eigenvalue weighted by Gasteiger charge is 2.24. The minimum atomic E-state index is 0.172. The van der Waals surface area contributed by atoms with Gasteiger partial charge in [-0.1, -0.05) is 13.8 Å². The molecule has 19 heavy (non-hydrogen) atoms. The Labute approximate surface area is 118 Å². The number of likely N-dealkylation sites (tertiary alicyclic amines) is 1. The normalized spacial score (nSPS) is 19.6. The Morgan fingerprint density at radius 2 is 1.89 bits per heavy atom. The molecule has 4 nitrogen and oxygen atoms in total. The van der Waals surface area contributed by atoms with Gasteiger partial charge in [0.15, 0.2) is 0 Å². The van der Waals surface area contributed by atoms with E-state index in [2.05, 4.69) is 24.1 Å². The van der Waals surface area contributed by atoms with Crippen LogP contribution in [0.15, 0.2) is 0 Å². The van der Waals surface area contributed by atoms with E-state index in [9.17, 15) is 4.79 Å². The fraction of sp³-hybridized carbons (Fsp3) is 0.933. The second kappa shape index (κ2) is 8.54. The van der Waals surface area contributed by atoms with Crippen molar-refractivity contribution in [3.05, 3.63) is 0 Å². The first-order chi connectivity index (χ1) is 9.00. The van der Waals surface area contributed by atoms with Gasteiger partial charge in [0.25, 0.3) is 0 Å². The first kappa shape index (κ1) is 16.4. The molecule has 0 aromatic carbocycles. The summed E-state index contributed by atoms with van der Waals surface area (Å²) in [5.41, 5.74) is 5.68. The van der Waals surface area contributed by atoms with Crippen LogP contribution in [0.5, 0.6) is 0 Å². The van der Waals surface area contributed by atoms with Crippen molar-refractivity contribution < 1.29 is 4.79 Å². The molecule has 2 unspecified atom stereocenters. The molecule has 112 valence electrons. The maximum Gasteiger partial charge on any atom is 0.220 e. The molecule has 1 heterocycles. The lowest BCUT2D eigenvalue weighted by Gasteiger charge is -2.31. The van der Waals surface area contributed by atoms with Gasteiger partial charge in [-0.25, -0.2) is 0 Å². The molecule has 1 aliphatic heterocycles. The summed E-state index contributed by atoms with van der Waals surface area (Å²) in [4.78, 5) is 14.3. The largest absolute Gasteiger partial charge is 0.355 e. The molecule has 1 saturated heterocycles. The number of nitrogens with two attached hydrogens (primary N) is 1. The zero-order valence-electron chi connectivity index (χ0n) is 12.8. The van der Waals surface area contributed by atoms with E-state index in [-0.39, 0.29) is 11.9 Å². The zero-order valence-corrected chi connectivity index (χ0v) is 12.8. The maximum atomic E-state index is 11.8. The molecule has 0 aromatic rings. The minimum Gasteiger partial charge on any atom is -0.355 e. The smallest absolute Gasteiger partial charge is 0.220 e. The Balaban J connectivity index is 2.25. The fourth-order valence-electron chi connectivity index (χ4n) is 2.75. The molecule has 1 amide bonds. The van der Waals surface area contributed by atoms with Crippen LogP contribution in [-0.4, -0.2) is 42.5 Å². The SMILES string of the molecule is CC(N)CCCC(=O)NCC(C(C)C)N1CCCC1. The van der Waals surface area contributed by atoms with Gasteiger partial charge in [0.2, 0.25) is 5.91 Å². The van der Waals surface area contributed by atoms with Gasteiger partial charge >= 0.3 is 0 Å². The third-order valence-corrected chi connectivity index (χ3v) is 3.95. The highest BCUT2D eigenvalue weighted by atomic mass is 16.1. The first-order valence-electron chi connectivity index (χ1n) is 7.77. The maximum absolute atomic E-state index is 11.8. The molecule has 2 atom stereocenters. The standard InChI is InChI=1S/C15H31N3O/c1-12(2)14(18-9-4-5-10-18)11-17-15(19)8-6-7-13(3)16/h12-14H,4-11,16H2,1-3H3,(H,17,19). The van der Waals surface area contributed by atoms with Crippen LogP contribution in [0.1, 0.15) is 52.9 Å². The van der Waals surface area contributed by atoms with Crippen LogP contribution in [0.4, 0.5) is 0 Å². The van der Waals surface area contributed by atoms with Crippen LogP contribution in [0.25, 0.3) is 0 Å². The van der Waals surface area contributed by atoms with Crippen molar-refractivity contribution in [1.82, 2.24) is 10.2 Å². The monoisotopic (exact) mass is 269 g/mol. The number of hydrogen-bond donors (Lipinski definition) is 2. The Bertz CT molecular complexity index is 260. The molecule has 0 radical (unpaired) electrons. The molecule has 3 N–H and O–H groups in total. The lowest BCUT2D eigenvalue weighted by molar-refractivity contribution is -0.121. The Kier molecular flexibility index (Phi) is 7.39. The molecule has 1 aliphatic rings. The van der Waals surface area contributed by atoms with Gasteiger partial charge in [-0.15, -0.1) is 0 Å². The Hall–Kier alpha value is -0.610. The van der Waals surface area contributed by atoms with Gasteiger partial charge in [-0.05, 0) is 51.6 Å². The molecule has 0 spiro atoms. The van der Waals surface area contributed by atoms with Crippen LogP contribution >= 0.6 is 0 Å². The average Bonchev–Trinajstić information content (AvgIpc) is 2.82. The molecule has 4 heteroatoms. The molecule has 1 fully saturated rings. The van der Waals surface area contributed by atoms with Crippen LogP contribution < -0.4 is 11.1 Å². The third kappa shape index (κ3) is 6.39. The third-order valence-electron chi connectivity index (χ3n) is 3.95. The number of carbonyl (C=O) groups excluding carboxylic acids is 1. The van der Waals surface area contributed by atoms with E-state index in [0.29, 0.717) is 18.4 Å². The van der Waals surface area contributed by atoms with E-state index in [4.69, 9.17) is 5.73 Å². The van der Waals surface area contributed by atoms with Crippen molar-refractivity contribution in [2.24, 2.45) is 11.7 Å². The van der Waals surface area contributed by atoms with Crippen molar-refractivity contribution in [3.8, 4) is 0 Å². The van der Waals surface area contributed by atoms with E-state index in [1.165, 1.54) is 25.9 Å². The van der Waals surface area contributed by atoms with Crippen molar-refractivity contribution in [1.29, 1.82) is 0 Å². The lowest BCUT2D eigenvalue weighted by Crippen LogP contribution is -2.45. The van der Waals surface area contributed by atoms with Crippen LogP contribution in [-0.2, 0) is 4.79 Å². The predicted molar refractivity (Wildman–Crippen MR) is 79.9 cm³/mol. The summed E-state index contributed by atoms with van der Waals surface area (Å²) in [5.74, 6) is 0.757. The molecule has 1 rings (SSSR count). The van der Waals surface area contributed by atoms with Crippen molar-refractivity contribution in [2.75, 3.05) is 19.6 Å². The minimum absolute atomic E-state index is 0.172. The summed E-state index contributed by atoms with van der Waals surface area (Å²) >= 11 is 0. The van der Waals surface area contributed by atoms with E-state index in [1.807, 2.05) is 6.92 Å². The van der Waals surface area contributed by atoms with Crippen molar-refractivity contribution in [3.63, 3.8) is 0 Å². The van der Waals surface area contributed by atoms with Gasteiger partial charge in [0.05, 0.1) is 0 Å². The second-order valence-electron chi connectivity index (χ2n) is 6.23. The summed E-state index contributed by atoms with van der Waals surface area (Å²) in [7, 11) is 0. The van der Waals surface area contributed by atoms with E-state index in [1.54, 1.807) is 0 Å². The Morgan fingerprint density at radius 1 is 1.26 bits per heavy atom. The predicted octanol–water partition coefficient (Wildman–Crippen LogP) is 1.74. The van der Waals surface area contributed by atoms with Gasteiger partial charge in [-0.2, -0.15) is 0 Å². The molecular weight excluding hydrogens is 238 g/mol. The lowest BCUT2D eigenvalue weighted by atomic mass is 10.0. The van der Waals surface area contributed by atoms with Crippen LogP contribution in [0.2, 0.25) is 0 Å². The first-order valence-corrected chi connectivity index (χ1v) is 7.77. The number of hydrogen-bond acceptors (Lipinski definition) is 3. The van der Waals surface area contributed by atoms with Gasteiger partial charge < -0.3 is 11.1 Å². The summed E-state index contributed by atoms with van der Waals surface area (Å²) in [5, 5.41) is 3.09. The summed E-state index contributed by atoms with van der Waals surface area (Å²) < 4.78 is 0. The fourth-order valence-corrected chi connectivity index (χ4v) is 2.75. The number of nitrogens with one attached hydrogen (secondary N) is 1.